The van der Waals surface area contributed by atoms with Gasteiger partial charge in [0.25, 0.3) is 0 Å². The molecule has 0 fully saturated rings. The van der Waals surface area contributed by atoms with Crippen LogP contribution in [0.4, 0.5) is 0 Å². The van der Waals surface area contributed by atoms with E-state index in [1.807, 2.05) is 6.92 Å². The Labute approximate surface area is 61.3 Å². The molecule has 0 saturated carbocycles. The first kappa shape index (κ1) is 9.59. The van der Waals surface area contributed by atoms with Gasteiger partial charge in [0, 0.05) is 13.7 Å². The lowest BCUT2D eigenvalue weighted by Crippen LogP contribution is -2.29. The number of aldehydes is 1. The van der Waals surface area contributed by atoms with Gasteiger partial charge in [-0.3, -0.25) is 0 Å². The molecule has 0 aliphatic heterocycles. The number of hydrogen-bond donors (Lipinski definition) is 0. The fourth-order valence-corrected chi connectivity index (χ4v) is 0.612. The van der Waals surface area contributed by atoms with Crippen LogP contribution >= 0.6 is 0 Å². The monoisotopic (exact) mass is 146 g/mol. The number of ether oxygens (including phenoxy) is 2. The quantitative estimate of drug-likeness (QED) is 0.533. The van der Waals surface area contributed by atoms with E-state index in [-0.39, 0.29) is 6.10 Å². The molecule has 0 aliphatic rings. The first-order chi connectivity index (χ1) is 4.76. The highest BCUT2D eigenvalue weighted by Crippen LogP contribution is 1.98. The third-order valence-electron chi connectivity index (χ3n) is 1.33. The molecule has 10 heavy (non-hydrogen) atoms. The molecule has 0 aliphatic carbocycles. The van der Waals surface area contributed by atoms with Crippen molar-refractivity contribution in [3.8, 4) is 0 Å². The molecule has 0 N–H and O–H groups in total. The second-order valence-corrected chi connectivity index (χ2v) is 2.00. The first-order valence-electron chi connectivity index (χ1n) is 3.36. The molecule has 0 radical (unpaired) electrons. The van der Waals surface area contributed by atoms with E-state index in [0.29, 0.717) is 6.61 Å². The van der Waals surface area contributed by atoms with Crippen LogP contribution in [0.3, 0.4) is 0 Å². The summed E-state index contributed by atoms with van der Waals surface area (Å²) in [5.74, 6) is 0. The van der Waals surface area contributed by atoms with Gasteiger partial charge >= 0.3 is 0 Å². The van der Waals surface area contributed by atoms with Gasteiger partial charge in [-0.25, -0.2) is 0 Å². The summed E-state index contributed by atoms with van der Waals surface area (Å²) in [5.41, 5.74) is 0. The molecule has 0 heterocycles. The largest absolute Gasteiger partial charge is 0.379 e. The Bertz CT molecular complexity index is 92.9. The number of carbonyl (C=O) groups is 1. The molecular formula is C7H14O3. The summed E-state index contributed by atoms with van der Waals surface area (Å²) in [6, 6.07) is 0. The van der Waals surface area contributed by atoms with Crippen molar-refractivity contribution < 1.29 is 14.3 Å². The highest BCUT2D eigenvalue weighted by molar-refractivity contribution is 5.56. The Hall–Kier alpha value is -0.410. The molecule has 0 spiro atoms. The molecule has 0 bridgehead atoms. The van der Waals surface area contributed by atoms with Crippen molar-refractivity contribution >= 4 is 6.29 Å². The van der Waals surface area contributed by atoms with Gasteiger partial charge in [-0.2, -0.15) is 0 Å². The Morgan fingerprint density at radius 3 is 2.50 bits per heavy atom. The molecule has 60 valence electrons. The van der Waals surface area contributed by atoms with Crippen molar-refractivity contribution in [2.45, 2.75) is 26.1 Å². The van der Waals surface area contributed by atoms with E-state index in [1.165, 1.54) is 0 Å². The Kier molecular flexibility index (Phi) is 5.16. The van der Waals surface area contributed by atoms with Gasteiger partial charge in [-0.15, -0.1) is 0 Å². The van der Waals surface area contributed by atoms with Gasteiger partial charge in [-0.1, -0.05) is 0 Å². The van der Waals surface area contributed by atoms with E-state index in [2.05, 4.69) is 0 Å². The molecule has 3 nitrogen and oxygen atoms in total. The van der Waals surface area contributed by atoms with Crippen LogP contribution in [-0.2, 0) is 14.3 Å². The molecule has 2 unspecified atom stereocenters. The minimum Gasteiger partial charge on any atom is -0.379 e. The van der Waals surface area contributed by atoms with Gasteiger partial charge < -0.3 is 14.3 Å². The fourth-order valence-electron chi connectivity index (χ4n) is 0.612. The molecule has 2 atom stereocenters. The summed E-state index contributed by atoms with van der Waals surface area (Å²) in [7, 11) is 1.56. The first-order valence-corrected chi connectivity index (χ1v) is 3.36. The summed E-state index contributed by atoms with van der Waals surface area (Å²) in [4.78, 5) is 10.3. The van der Waals surface area contributed by atoms with E-state index in [0.717, 1.165) is 6.29 Å². The number of carbonyl (C=O) groups excluding carboxylic acids is 1. The summed E-state index contributed by atoms with van der Waals surface area (Å²) in [6.07, 6.45) is 0.185. The number of rotatable bonds is 5. The molecule has 0 aromatic rings. The molecule has 0 rings (SSSR count). The fraction of sp³-hybridized carbons (Fsp3) is 0.857. The van der Waals surface area contributed by atoms with E-state index < -0.39 is 6.10 Å². The third kappa shape index (κ3) is 2.94. The lowest BCUT2D eigenvalue weighted by molar-refractivity contribution is -0.126. The number of hydrogen-bond acceptors (Lipinski definition) is 3. The zero-order valence-electron chi connectivity index (χ0n) is 6.66. The SMILES string of the molecule is CCOC(C=O)C(C)OC. The van der Waals surface area contributed by atoms with Crippen LogP contribution < -0.4 is 0 Å². The zero-order chi connectivity index (χ0) is 7.98. The maximum atomic E-state index is 10.3. The molecule has 0 amide bonds. The van der Waals surface area contributed by atoms with E-state index in [9.17, 15) is 4.79 Å². The van der Waals surface area contributed by atoms with Crippen molar-refractivity contribution in [1.29, 1.82) is 0 Å². The van der Waals surface area contributed by atoms with Crippen LogP contribution in [0.2, 0.25) is 0 Å². The van der Waals surface area contributed by atoms with Gasteiger partial charge in [0.15, 0.2) is 6.29 Å². The average molecular weight is 146 g/mol. The van der Waals surface area contributed by atoms with Crippen molar-refractivity contribution in [3.63, 3.8) is 0 Å². The Balaban J connectivity index is 3.67. The van der Waals surface area contributed by atoms with Gasteiger partial charge in [-0.05, 0) is 13.8 Å². The second-order valence-electron chi connectivity index (χ2n) is 2.00. The molecule has 3 heteroatoms. The van der Waals surface area contributed by atoms with Crippen LogP contribution in [0, 0.1) is 0 Å². The second kappa shape index (κ2) is 5.38. The highest BCUT2D eigenvalue weighted by atomic mass is 16.5. The maximum absolute atomic E-state index is 10.3. The lowest BCUT2D eigenvalue weighted by Gasteiger charge is -2.16. The van der Waals surface area contributed by atoms with Gasteiger partial charge in [0.1, 0.15) is 6.10 Å². The molecule has 0 aromatic carbocycles. The minimum atomic E-state index is -0.421. The normalized spacial score (nSPS) is 16.3. The van der Waals surface area contributed by atoms with Crippen molar-refractivity contribution in [3.05, 3.63) is 0 Å². The summed E-state index contributed by atoms with van der Waals surface area (Å²) < 4.78 is 9.95. The number of methoxy groups -OCH3 is 1. The highest BCUT2D eigenvalue weighted by Gasteiger charge is 2.14. The van der Waals surface area contributed by atoms with E-state index >= 15 is 0 Å². The summed E-state index contributed by atoms with van der Waals surface area (Å²) in [6.45, 7) is 4.19. The van der Waals surface area contributed by atoms with E-state index in [1.54, 1.807) is 14.0 Å². The minimum absolute atomic E-state index is 0.155. The van der Waals surface area contributed by atoms with Crippen LogP contribution in [0.15, 0.2) is 0 Å². The molecule has 0 saturated heterocycles. The van der Waals surface area contributed by atoms with Crippen molar-refractivity contribution in [2.75, 3.05) is 13.7 Å². The topological polar surface area (TPSA) is 35.5 Å². The predicted molar refractivity (Wildman–Crippen MR) is 37.9 cm³/mol. The average Bonchev–Trinajstić information content (AvgIpc) is 1.99. The Morgan fingerprint density at radius 1 is 1.60 bits per heavy atom. The van der Waals surface area contributed by atoms with Gasteiger partial charge in [0.2, 0.25) is 0 Å². The standard InChI is InChI=1S/C7H14O3/c1-4-10-7(5-8)6(2)9-3/h5-7H,4H2,1-3H3. The van der Waals surface area contributed by atoms with Crippen LogP contribution in [0.5, 0.6) is 0 Å². The van der Waals surface area contributed by atoms with Crippen molar-refractivity contribution in [1.82, 2.24) is 0 Å². The van der Waals surface area contributed by atoms with Crippen LogP contribution in [0.1, 0.15) is 13.8 Å². The maximum Gasteiger partial charge on any atom is 0.151 e. The van der Waals surface area contributed by atoms with E-state index in [4.69, 9.17) is 9.47 Å². The smallest absolute Gasteiger partial charge is 0.151 e. The van der Waals surface area contributed by atoms with Crippen molar-refractivity contribution in [2.24, 2.45) is 0 Å². The van der Waals surface area contributed by atoms with Gasteiger partial charge in [0.05, 0.1) is 6.10 Å². The van der Waals surface area contributed by atoms with Crippen LogP contribution in [0.25, 0.3) is 0 Å². The molecular weight excluding hydrogens is 132 g/mol. The third-order valence-corrected chi connectivity index (χ3v) is 1.33. The summed E-state index contributed by atoms with van der Waals surface area (Å²) in [5, 5.41) is 0. The zero-order valence-corrected chi connectivity index (χ0v) is 6.66. The predicted octanol–water partition coefficient (Wildman–Crippen LogP) is 0.625. The molecule has 0 aromatic heterocycles. The lowest BCUT2D eigenvalue weighted by atomic mass is 10.2. The van der Waals surface area contributed by atoms with Crippen LogP contribution in [-0.4, -0.2) is 32.2 Å². The Morgan fingerprint density at radius 2 is 2.20 bits per heavy atom. The summed E-state index contributed by atoms with van der Waals surface area (Å²) >= 11 is 0.